The average Bonchev–Trinajstić information content (AvgIpc) is 2.34. The number of hydrogen-bond acceptors (Lipinski definition) is 6. The summed E-state index contributed by atoms with van der Waals surface area (Å²) < 4.78 is 9.83. The first-order chi connectivity index (χ1) is 8.36. The minimum absolute atomic E-state index is 0.0826. The van der Waals surface area contributed by atoms with Crippen molar-refractivity contribution in [1.29, 1.82) is 0 Å². The summed E-state index contributed by atoms with van der Waals surface area (Å²) in [4.78, 5) is 23.6. The number of rotatable bonds is 4. The van der Waals surface area contributed by atoms with Gasteiger partial charge in [-0.2, -0.15) is 9.97 Å². The number of carbonyl (C=O) groups excluding carboxylic acids is 1. The van der Waals surface area contributed by atoms with Gasteiger partial charge in [0.2, 0.25) is 5.91 Å². The van der Waals surface area contributed by atoms with Crippen molar-refractivity contribution in [3.05, 3.63) is 5.82 Å². The van der Waals surface area contributed by atoms with Crippen molar-refractivity contribution in [1.82, 2.24) is 20.3 Å². The third-order valence-corrected chi connectivity index (χ3v) is 2.09. The van der Waals surface area contributed by atoms with Crippen LogP contribution in [0.4, 0.5) is 0 Å². The molecule has 1 heterocycles. The number of carbonyl (C=O) groups is 1. The van der Waals surface area contributed by atoms with Crippen LogP contribution in [0.3, 0.4) is 0 Å². The Hall–Kier alpha value is -1.92. The molecule has 0 spiro atoms. The van der Waals surface area contributed by atoms with Gasteiger partial charge in [0.25, 0.3) is 0 Å². The second-order valence-corrected chi connectivity index (χ2v) is 4.66. The molecule has 0 aliphatic rings. The lowest BCUT2D eigenvalue weighted by Gasteiger charge is -2.17. The van der Waals surface area contributed by atoms with Crippen LogP contribution in [0.5, 0.6) is 12.0 Å². The van der Waals surface area contributed by atoms with E-state index in [1.165, 1.54) is 14.2 Å². The second kappa shape index (κ2) is 5.61. The Bertz CT molecular complexity index is 407. The number of nitrogens with one attached hydrogen (secondary N) is 1. The predicted molar refractivity (Wildman–Crippen MR) is 64.2 cm³/mol. The van der Waals surface area contributed by atoms with Gasteiger partial charge in [-0.1, -0.05) is 20.8 Å². The lowest BCUT2D eigenvalue weighted by molar-refractivity contribution is -0.128. The minimum Gasteiger partial charge on any atom is -0.467 e. The van der Waals surface area contributed by atoms with Crippen LogP contribution in [0.1, 0.15) is 26.6 Å². The summed E-state index contributed by atoms with van der Waals surface area (Å²) in [6.07, 6.45) is 0. The number of hydrogen-bond donors (Lipinski definition) is 1. The normalized spacial score (nSPS) is 10.9. The molecule has 1 N–H and O–H groups in total. The number of amides is 1. The van der Waals surface area contributed by atoms with Crippen LogP contribution >= 0.6 is 0 Å². The van der Waals surface area contributed by atoms with Crippen LogP contribution in [-0.4, -0.2) is 35.1 Å². The van der Waals surface area contributed by atoms with E-state index in [-0.39, 0.29) is 24.5 Å². The fraction of sp³-hybridized carbons (Fsp3) is 0.636. The summed E-state index contributed by atoms with van der Waals surface area (Å²) in [5, 5.41) is 2.74. The van der Waals surface area contributed by atoms with Crippen LogP contribution in [0.15, 0.2) is 0 Å². The Morgan fingerprint density at radius 2 is 1.61 bits per heavy atom. The molecule has 1 rings (SSSR count). The van der Waals surface area contributed by atoms with Gasteiger partial charge in [-0.3, -0.25) is 4.79 Å². The highest BCUT2D eigenvalue weighted by molar-refractivity contribution is 5.81. The molecule has 1 amide bonds. The van der Waals surface area contributed by atoms with E-state index < -0.39 is 5.41 Å². The van der Waals surface area contributed by atoms with Crippen molar-refractivity contribution < 1.29 is 14.3 Å². The van der Waals surface area contributed by atoms with Gasteiger partial charge < -0.3 is 14.8 Å². The van der Waals surface area contributed by atoms with Crippen LogP contribution in [0, 0.1) is 5.41 Å². The Balaban J connectivity index is 2.76. The van der Waals surface area contributed by atoms with Crippen molar-refractivity contribution in [2.75, 3.05) is 14.2 Å². The maximum atomic E-state index is 11.7. The zero-order chi connectivity index (χ0) is 13.8. The third kappa shape index (κ3) is 3.83. The molecule has 7 heteroatoms. The molecule has 0 saturated heterocycles. The fourth-order valence-corrected chi connectivity index (χ4v) is 1.06. The molecule has 0 fully saturated rings. The largest absolute Gasteiger partial charge is 0.467 e. The van der Waals surface area contributed by atoms with Crippen LogP contribution in [0.2, 0.25) is 0 Å². The molecule has 0 saturated carbocycles. The molecule has 0 atom stereocenters. The zero-order valence-corrected chi connectivity index (χ0v) is 11.3. The summed E-state index contributed by atoms with van der Waals surface area (Å²) in [5.41, 5.74) is -0.457. The molecule has 0 aliphatic carbocycles. The van der Waals surface area contributed by atoms with Crippen LogP contribution in [0.25, 0.3) is 0 Å². The highest BCUT2D eigenvalue weighted by Crippen LogP contribution is 2.13. The maximum Gasteiger partial charge on any atom is 0.322 e. The van der Waals surface area contributed by atoms with Crippen molar-refractivity contribution in [3.8, 4) is 12.0 Å². The van der Waals surface area contributed by atoms with Crippen molar-refractivity contribution >= 4 is 5.91 Å². The second-order valence-electron chi connectivity index (χ2n) is 4.66. The molecular weight excluding hydrogens is 236 g/mol. The van der Waals surface area contributed by atoms with E-state index in [4.69, 9.17) is 9.47 Å². The molecule has 0 radical (unpaired) electrons. The SMILES string of the molecule is COc1nc(CNC(=O)C(C)(C)C)nc(OC)n1. The smallest absolute Gasteiger partial charge is 0.322 e. The summed E-state index contributed by atoms with van der Waals surface area (Å²) in [6.45, 7) is 5.69. The average molecular weight is 254 g/mol. The topological polar surface area (TPSA) is 86.2 Å². The predicted octanol–water partition coefficient (Wildman–Crippen LogP) is 0.551. The first-order valence-corrected chi connectivity index (χ1v) is 5.48. The van der Waals surface area contributed by atoms with Crippen LogP contribution in [-0.2, 0) is 11.3 Å². The number of methoxy groups -OCH3 is 2. The molecule has 0 aromatic carbocycles. The molecule has 7 nitrogen and oxygen atoms in total. The van der Waals surface area contributed by atoms with Gasteiger partial charge in [0.1, 0.15) is 0 Å². The van der Waals surface area contributed by atoms with Gasteiger partial charge in [-0.05, 0) is 0 Å². The molecule has 0 aliphatic heterocycles. The van der Waals surface area contributed by atoms with E-state index in [9.17, 15) is 4.79 Å². The molecule has 0 bridgehead atoms. The first-order valence-electron chi connectivity index (χ1n) is 5.48. The Morgan fingerprint density at radius 1 is 1.11 bits per heavy atom. The maximum absolute atomic E-state index is 11.7. The lowest BCUT2D eigenvalue weighted by Crippen LogP contribution is -2.34. The fourth-order valence-electron chi connectivity index (χ4n) is 1.06. The van der Waals surface area contributed by atoms with E-state index >= 15 is 0 Å². The third-order valence-electron chi connectivity index (χ3n) is 2.09. The van der Waals surface area contributed by atoms with E-state index in [1.54, 1.807) is 0 Å². The highest BCUT2D eigenvalue weighted by atomic mass is 16.5. The van der Waals surface area contributed by atoms with Crippen molar-refractivity contribution in [3.63, 3.8) is 0 Å². The molecule has 100 valence electrons. The molecule has 1 aromatic rings. The highest BCUT2D eigenvalue weighted by Gasteiger charge is 2.21. The van der Waals surface area contributed by atoms with Crippen LogP contribution < -0.4 is 14.8 Å². The summed E-state index contributed by atoms with van der Waals surface area (Å²) >= 11 is 0. The lowest BCUT2D eigenvalue weighted by atomic mass is 9.96. The standard InChI is InChI=1S/C11H18N4O3/c1-11(2,3)8(16)12-6-7-13-9(17-4)15-10(14-7)18-5/h6H2,1-5H3,(H,12,16). The van der Waals surface area contributed by atoms with Crippen molar-refractivity contribution in [2.45, 2.75) is 27.3 Å². The minimum atomic E-state index is -0.457. The van der Waals surface area contributed by atoms with E-state index in [2.05, 4.69) is 20.3 Å². The number of ether oxygens (including phenoxy) is 2. The monoisotopic (exact) mass is 254 g/mol. The molecule has 1 aromatic heterocycles. The van der Waals surface area contributed by atoms with Gasteiger partial charge >= 0.3 is 12.0 Å². The van der Waals surface area contributed by atoms with Gasteiger partial charge in [-0.25, -0.2) is 0 Å². The van der Waals surface area contributed by atoms with Crippen molar-refractivity contribution in [2.24, 2.45) is 5.41 Å². The quantitative estimate of drug-likeness (QED) is 0.844. The summed E-state index contributed by atoms with van der Waals surface area (Å²) in [5.74, 6) is 0.303. The summed E-state index contributed by atoms with van der Waals surface area (Å²) in [6, 6.07) is 0.309. The Morgan fingerprint density at radius 3 is 2.00 bits per heavy atom. The van der Waals surface area contributed by atoms with Gasteiger partial charge in [0.15, 0.2) is 5.82 Å². The first kappa shape index (κ1) is 14.1. The van der Waals surface area contributed by atoms with Gasteiger partial charge in [0.05, 0.1) is 20.8 Å². The van der Waals surface area contributed by atoms with E-state index in [1.807, 2.05) is 20.8 Å². The molecular formula is C11H18N4O3. The van der Waals surface area contributed by atoms with E-state index in [0.29, 0.717) is 5.82 Å². The number of aromatic nitrogens is 3. The zero-order valence-electron chi connectivity index (χ0n) is 11.3. The van der Waals surface area contributed by atoms with E-state index in [0.717, 1.165) is 0 Å². The Kier molecular flexibility index (Phi) is 4.41. The summed E-state index contributed by atoms with van der Waals surface area (Å²) in [7, 11) is 2.90. The molecule has 0 unspecified atom stereocenters. The van der Waals surface area contributed by atoms with Gasteiger partial charge in [0, 0.05) is 5.41 Å². The number of nitrogens with zero attached hydrogens (tertiary/aromatic N) is 3. The van der Waals surface area contributed by atoms with Gasteiger partial charge in [-0.15, -0.1) is 4.98 Å². The molecule has 18 heavy (non-hydrogen) atoms. The Labute approximate surface area is 106 Å².